The number of halogens is 1. The van der Waals surface area contributed by atoms with E-state index in [1.54, 1.807) is 12.1 Å². The van der Waals surface area contributed by atoms with Gasteiger partial charge in [0.2, 0.25) is 0 Å². The van der Waals surface area contributed by atoms with E-state index in [4.69, 9.17) is 25.4 Å². The highest BCUT2D eigenvalue weighted by atomic mass is 79.9. The quantitative estimate of drug-likeness (QED) is 0.322. The molecule has 6 nitrogen and oxygen atoms in total. The van der Waals surface area contributed by atoms with E-state index in [9.17, 15) is 9.59 Å². The Hall–Kier alpha value is -2.46. The lowest BCUT2D eigenvalue weighted by Crippen LogP contribution is -2.41. The topological polar surface area (TPSA) is 71.1 Å². The lowest BCUT2D eigenvalue weighted by molar-refractivity contribution is -0.222. The summed E-state index contributed by atoms with van der Waals surface area (Å²) in [5, 5.41) is 0. The van der Waals surface area contributed by atoms with E-state index in [2.05, 4.69) is 21.9 Å². The van der Waals surface area contributed by atoms with E-state index in [0.29, 0.717) is 28.1 Å². The molecule has 0 amide bonds. The third-order valence-electron chi connectivity index (χ3n) is 3.06. The second-order valence-electron chi connectivity index (χ2n) is 5.49. The van der Waals surface area contributed by atoms with Crippen molar-refractivity contribution in [2.24, 2.45) is 0 Å². The van der Waals surface area contributed by atoms with Gasteiger partial charge < -0.3 is 18.9 Å². The second kappa shape index (κ2) is 7.62. The van der Waals surface area contributed by atoms with Crippen LogP contribution in [0.3, 0.4) is 0 Å². The van der Waals surface area contributed by atoms with Gasteiger partial charge in [-0.2, -0.15) is 0 Å². The minimum atomic E-state index is -1.28. The molecule has 0 saturated carbocycles. The fourth-order valence-electron chi connectivity index (χ4n) is 2.13. The first kappa shape index (κ1) is 18.9. The third-order valence-corrected chi connectivity index (χ3v) is 3.65. The molecule has 0 radical (unpaired) electrons. The van der Waals surface area contributed by atoms with Gasteiger partial charge in [0, 0.05) is 13.8 Å². The SMILES string of the molecule is C#CCOc1c(Br)cc(C=C2C(=O)OC(C)(C)OC2=O)cc1OCC. The molecule has 132 valence electrons. The number of esters is 2. The van der Waals surface area contributed by atoms with Crippen LogP contribution < -0.4 is 9.47 Å². The van der Waals surface area contributed by atoms with Crippen molar-refractivity contribution in [3.8, 4) is 23.8 Å². The van der Waals surface area contributed by atoms with Gasteiger partial charge in [0.15, 0.2) is 11.5 Å². The Morgan fingerprint density at radius 2 is 1.88 bits per heavy atom. The molecule has 0 atom stereocenters. The molecule has 0 N–H and O–H groups in total. The minimum Gasteiger partial charge on any atom is -0.490 e. The summed E-state index contributed by atoms with van der Waals surface area (Å²) in [6.07, 6.45) is 6.59. The van der Waals surface area contributed by atoms with Gasteiger partial charge in [-0.3, -0.25) is 0 Å². The second-order valence-corrected chi connectivity index (χ2v) is 6.35. The van der Waals surface area contributed by atoms with E-state index in [0.717, 1.165) is 0 Å². The van der Waals surface area contributed by atoms with Crippen molar-refractivity contribution < 1.29 is 28.5 Å². The Kier molecular flexibility index (Phi) is 5.75. The highest BCUT2D eigenvalue weighted by Gasteiger charge is 2.38. The van der Waals surface area contributed by atoms with Crippen molar-refractivity contribution in [1.29, 1.82) is 0 Å². The van der Waals surface area contributed by atoms with Crippen LogP contribution in [-0.2, 0) is 19.1 Å². The molecule has 1 aromatic rings. The number of rotatable bonds is 5. The molecule has 1 saturated heterocycles. The Balaban J connectivity index is 2.41. The predicted octanol–water partition coefficient (Wildman–Crippen LogP) is 3.08. The van der Waals surface area contributed by atoms with Gasteiger partial charge in [-0.1, -0.05) is 5.92 Å². The predicted molar refractivity (Wildman–Crippen MR) is 93.9 cm³/mol. The first-order chi connectivity index (χ1) is 11.8. The Morgan fingerprint density at radius 3 is 2.44 bits per heavy atom. The van der Waals surface area contributed by atoms with Gasteiger partial charge in [0.1, 0.15) is 12.2 Å². The molecule has 2 rings (SSSR count). The van der Waals surface area contributed by atoms with Gasteiger partial charge in [-0.25, -0.2) is 9.59 Å². The average Bonchev–Trinajstić information content (AvgIpc) is 2.49. The Bertz CT molecular complexity index is 751. The van der Waals surface area contributed by atoms with Crippen LogP contribution in [0.1, 0.15) is 26.3 Å². The lowest BCUT2D eigenvalue weighted by atomic mass is 10.1. The summed E-state index contributed by atoms with van der Waals surface area (Å²) in [7, 11) is 0. The number of carbonyl (C=O) groups is 2. The van der Waals surface area contributed by atoms with Crippen molar-refractivity contribution in [2.75, 3.05) is 13.2 Å². The highest BCUT2D eigenvalue weighted by Crippen LogP contribution is 2.38. The maximum Gasteiger partial charge on any atom is 0.348 e. The molecule has 0 unspecified atom stereocenters. The van der Waals surface area contributed by atoms with Gasteiger partial charge in [-0.15, -0.1) is 6.42 Å². The number of hydrogen-bond donors (Lipinski definition) is 0. The molecule has 1 heterocycles. The highest BCUT2D eigenvalue weighted by molar-refractivity contribution is 9.10. The summed E-state index contributed by atoms with van der Waals surface area (Å²) >= 11 is 3.38. The Labute approximate surface area is 154 Å². The van der Waals surface area contributed by atoms with Crippen molar-refractivity contribution in [1.82, 2.24) is 0 Å². The number of benzene rings is 1. The zero-order chi connectivity index (χ0) is 18.6. The van der Waals surface area contributed by atoms with Gasteiger partial charge in [0.25, 0.3) is 5.79 Å². The van der Waals surface area contributed by atoms with Crippen LogP contribution in [0.2, 0.25) is 0 Å². The molecule has 1 aliphatic rings. The monoisotopic (exact) mass is 408 g/mol. The standard InChI is InChI=1S/C18H17BrO6/c1-5-7-23-15-13(19)9-11(10-14(15)22-6-2)8-12-16(20)24-18(3,4)25-17(12)21/h1,8-10H,6-7H2,2-4H3. The maximum atomic E-state index is 12.0. The summed E-state index contributed by atoms with van der Waals surface area (Å²) in [6, 6.07) is 3.30. The lowest BCUT2D eigenvalue weighted by Gasteiger charge is -2.29. The average molecular weight is 409 g/mol. The number of terminal acetylenes is 1. The van der Waals surface area contributed by atoms with Crippen LogP contribution in [0.5, 0.6) is 11.5 Å². The summed E-state index contributed by atoms with van der Waals surface area (Å²) in [6.45, 7) is 5.27. The molecule has 0 aromatic heterocycles. The number of ether oxygens (including phenoxy) is 4. The van der Waals surface area contributed by atoms with E-state index in [-0.39, 0.29) is 12.2 Å². The number of hydrogen-bond acceptors (Lipinski definition) is 6. The van der Waals surface area contributed by atoms with Crippen LogP contribution in [0.15, 0.2) is 22.2 Å². The first-order valence-electron chi connectivity index (χ1n) is 7.48. The van der Waals surface area contributed by atoms with Gasteiger partial charge in [-0.05, 0) is 46.6 Å². The molecule has 1 aliphatic heterocycles. The number of cyclic esters (lactones) is 2. The van der Waals surface area contributed by atoms with Crippen molar-refractivity contribution in [3.63, 3.8) is 0 Å². The summed E-state index contributed by atoms with van der Waals surface area (Å²) in [4.78, 5) is 24.1. The van der Waals surface area contributed by atoms with Crippen LogP contribution in [-0.4, -0.2) is 30.9 Å². The molecule has 0 aliphatic carbocycles. The third kappa shape index (κ3) is 4.54. The van der Waals surface area contributed by atoms with Crippen LogP contribution in [0.4, 0.5) is 0 Å². The summed E-state index contributed by atoms with van der Waals surface area (Å²) in [5.74, 6) is 0.472. The van der Waals surface area contributed by atoms with Crippen molar-refractivity contribution in [2.45, 2.75) is 26.6 Å². The smallest absolute Gasteiger partial charge is 0.348 e. The fourth-order valence-corrected chi connectivity index (χ4v) is 2.71. The molecule has 7 heteroatoms. The fraction of sp³-hybridized carbons (Fsp3) is 0.333. The van der Waals surface area contributed by atoms with Crippen LogP contribution in [0, 0.1) is 12.3 Å². The van der Waals surface area contributed by atoms with Crippen LogP contribution >= 0.6 is 15.9 Å². The zero-order valence-corrected chi connectivity index (χ0v) is 15.6. The van der Waals surface area contributed by atoms with Gasteiger partial charge in [0.05, 0.1) is 11.1 Å². The van der Waals surface area contributed by atoms with Gasteiger partial charge >= 0.3 is 11.9 Å². The molecular weight excluding hydrogens is 392 g/mol. The van der Waals surface area contributed by atoms with E-state index in [1.165, 1.54) is 19.9 Å². The molecule has 25 heavy (non-hydrogen) atoms. The molecule has 1 aromatic carbocycles. The number of carbonyl (C=O) groups excluding carboxylic acids is 2. The van der Waals surface area contributed by atoms with E-state index >= 15 is 0 Å². The normalized spacial score (nSPS) is 15.7. The van der Waals surface area contributed by atoms with E-state index < -0.39 is 17.7 Å². The maximum absolute atomic E-state index is 12.0. The molecule has 0 spiro atoms. The summed E-state index contributed by atoms with van der Waals surface area (Å²) < 4.78 is 21.7. The minimum absolute atomic E-state index is 0.0762. The van der Waals surface area contributed by atoms with Crippen molar-refractivity contribution in [3.05, 3.63) is 27.7 Å². The Morgan fingerprint density at radius 1 is 1.24 bits per heavy atom. The molecular formula is C18H17BrO6. The van der Waals surface area contributed by atoms with E-state index in [1.807, 2.05) is 6.92 Å². The summed E-state index contributed by atoms with van der Waals surface area (Å²) in [5.41, 5.74) is 0.331. The molecule has 0 bridgehead atoms. The zero-order valence-electron chi connectivity index (χ0n) is 14.1. The molecule has 1 fully saturated rings. The first-order valence-corrected chi connectivity index (χ1v) is 8.27. The largest absolute Gasteiger partial charge is 0.490 e. The van der Waals surface area contributed by atoms with Crippen LogP contribution in [0.25, 0.3) is 6.08 Å². The van der Waals surface area contributed by atoms with Crippen molar-refractivity contribution >= 4 is 33.9 Å².